The summed E-state index contributed by atoms with van der Waals surface area (Å²) in [6.45, 7) is 5.51. The lowest BCUT2D eigenvalue weighted by molar-refractivity contribution is -0.155. The maximum absolute atomic E-state index is 15.4. The van der Waals surface area contributed by atoms with E-state index in [-0.39, 0.29) is 37.1 Å². The van der Waals surface area contributed by atoms with E-state index in [0.29, 0.717) is 37.3 Å². The van der Waals surface area contributed by atoms with Crippen molar-refractivity contribution in [2.45, 2.75) is 109 Å². The van der Waals surface area contributed by atoms with E-state index in [2.05, 4.69) is 16.2 Å². The number of rotatable bonds is 3. The number of epoxide rings is 1. The number of aliphatic hydroxyl groups is 2. The molecule has 1 aromatic rings. The number of carbonyl (C=O) groups excluding carboxylic acids is 2. The zero-order valence-electron chi connectivity index (χ0n) is 22.4. The summed E-state index contributed by atoms with van der Waals surface area (Å²) in [6.07, 6.45) is 9.21. The number of hydrogen-bond donors (Lipinski definition) is 3. The van der Waals surface area contributed by atoms with Crippen LogP contribution in [-0.2, 0) is 14.3 Å². The lowest BCUT2D eigenvalue weighted by Crippen LogP contribution is -2.54. The van der Waals surface area contributed by atoms with Gasteiger partial charge in [-0.2, -0.15) is 0 Å². The van der Waals surface area contributed by atoms with Crippen LogP contribution in [0.15, 0.2) is 16.5 Å². The number of aromatic nitrogens is 1. The van der Waals surface area contributed by atoms with E-state index in [9.17, 15) is 19.8 Å². The molecule has 8 nitrogen and oxygen atoms in total. The van der Waals surface area contributed by atoms with Crippen LogP contribution in [0.3, 0.4) is 0 Å². The highest BCUT2D eigenvalue weighted by Gasteiger charge is 2.55. The molecule has 0 aromatic carbocycles. The van der Waals surface area contributed by atoms with Crippen LogP contribution in [0.4, 0.5) is 4.39 Å². The molecule has 1 aromatic heterocycles. The zero-order valence-corrected chi connectivity index (χ0v) is 22.4. The van der Waals surface area contributed by atoms with Gasteiger partial charge in [0.15, 0.2) is 5.89 Å². The van der Waals surface area contributed by atoms with Crippen molar-refractivity contribution in [1.29, 1.82) is 0 Å². The van der Waals surface area contributed by atoms with Crippen LogP contribution in [0.25, 0.3) is 6.08 Å². The fourth-order valence-electron chi connectivity index (χ4n) is 6.08. The largest absolute Gasteiger partial charge is 0.449 e. The van der Waals surface area contributed by atoms with Gasteiger partial charge in [0.2, 0.25) is 5.91 Å². The van der Waals surface area contributed by atoms with E-state index in [1.165, 1.54) is 12.3 Å². The first-order valence-electron chi connectivity index (χ1n) is 13.6. The molecule has 4 rings (SSSR count). The lowest BCUT2D eigenvalue weighted by Gasteiger charge is -2.46. The average Bonchev–Trinajstić information content (AvgIpc) is 3.26. The summed E-state index contributed by atoms with van der Waals surface area (Å²) < 4.78 is 26.5. The first-order valence-corrected chi connectivity index (χ1v) is 13.6. The molecule has 3 heterocycles. The van der Waals surface area contributed by atoms with Gasteiger partial charge in [-0.1, -0.05) is 19.8 Å². The fraction of sp³-hybridized carbons (Fsp3) is 0.690. The predicted molar refractivity (Wildman–Crippen MR) is 138 cm³/mol. The molecule has 3 N–H and O–H groups in total. The highest BCUT2D eigenvalue weighted by molar-refractivity contribution is 5.90. The summed E-state index contributed by atoms with van der Waals surface area (Å²) in [5, 5.41) is 25.0. The molecule has 3 fully saturated rings. The number of aryl methyl sites for hydroxylation is 1. The molecular formula is C29H39FN2O6. The number of ketones is 1. The summed E-state index contributed by atoms with van der Waals surface area (Å²) >= 11 is 0. The Morgan fingerprint density at radius 3 is 2.66 bits per heavy atom. The molecule has 208 valence electrons. The smallest absolute Gasteiger partial charge is 0.223 e. The lowest BCUT2D eigenvalue weighted by atomic mass is 9.58. The standard InChI is InChI=1S/C29H39FN2O6/c1-5-8-20-26(35)17(2)9-6-10-28(4)24(38-28)14-22(21(30)13-19-16-37-18(3)31-19)32-25(34)15-23(33)29(27(20)36)11-7-12-29/h1,13,16-17,20,22-24,26,33,35H,6-12,14-15H2,2-4H3,(H,32,34)/b21-13-. The Labute approximate surface area is 223 Å². The fourth-order valence-corrected chi connectivity index (χ4v) is 6.08. The molecule has 9 heteroatoms. The van der Waals surface area contributed by atoms with Gasteiger partial charge in [0, 0.05) is 25.8 Å². The van der Waals surface area contributed by atoms with E-state index < -0.39 is 46.9 Å². The molecule has 0 bridgehead atoms. The van der Waals surface area contributed by atoms with Crippen LogP contribution in [-0.4, -0.2) is 56.8 Å². The number of terminal acetylenes is 1. The number of hydrogen-bond acceptors (Lipinski definition) is 7. The predicted octanol–water partition coefficient (Wildman–Crippen LogP) is 3.64. The van der Waals surface area contributed by atoms with Crippen molar-refractivity contribution >= 4 is 17.8 Å². The molecule has 2 aliphatic heterocycles. The normalized spacial score (nSPS) is 36.6. The van der Waals surface area contributed by atoms with Crippen molar-refractivity contribution < 1.29 is 33.3 Å². The maximum atomic E-state index is 15.4. The Balaban J connectivity index is 1.61. The van der Waals surface area contributed by atoms with Crippen LogP contribution in [0.5, 0.6) is 0 Å². The van der Waals surface area contributed by atoms with Crippen LogP contribution < -0.4 is 5.32 Å². The molecular weight excluding hydrogens is 491 g/mol. The minimum atomic E-state index is -1.27. The van der Waals surface area contributed by atoms with Crippen molar-refractivity contribution in [3.8, 4) is 12.3 Å². The number of amides is 1. The average molecular weight is 531 g/mol. The minimum absolute atomic E-state index is 0.0630. The molecule has 0 radical (unpaired) electrons. The van der Waals surface area contributed by atoms with Crippen LogP contribution in [0.1, 0.15) is 83.2 Å². The number of oxazole rings is 1. The van der Waals surface area contributed by atoms with Crippen LogP contribution >= 0.6 is 0 Å². The molecule has 1 amide bonds. The number of ether oxygens (including phenoxy) is 1. The number of halogens is 1. The summed E-state index contributed by atoms with van der Waals surface area (Å²) in [5.74, 6) is 0.452. The molecule has 7 atom stereocenters. The first-order chi connectivity index (χ1) is 18.0. The van der Waals surface area contributed by atoms with Crippen molar-refractivity contribution in [1.82, 2.24) is 10.3 Å². The molecule has 1 aliphatic carbocycles. The summed E-state index contributed by atoms with van der Waals surface area (Å²) in [7, 11) is 0. The summed E-state index contributed by atoms with van der Waals surface area (Å²) in [4.78, 5) is 30.9. The molecule has 2 saturated heterocycles. The van der Waals surface area contributed by atoms with Gasteiger partial charge in [0.25, 0.3) is 0 Å². The van der Waals surface area contributed by atoms with Gasteiger partial charge in [0.05, 0.1) is 47.7 Å². The molecule has 7 unspecified atom stereocenters. The number of fused-ring (bicyclic) bond motifs is 1. The Hall–Kier alpha value is -2.54. The third-order valence-electron chi connectivity index (χ3n) is 8.83. The number of nitrogens with zero attached hydrogens (tertiary/aromatic N) is 1. The Kier molecular flexibility index (Phi) is 8.46. The summed E-state index contributed by atoms with van der Waals surface area (Å²) in [5.41, 5.74) is -1.32. The second-order valence-electron chi connectivity index (χ2n) is 11.6. The highest BCUT2D eigenvalue weighted by atomic mass is 19.1. The van der Waals surface area contributed by atoms with Gasteiger partial charge in [-0.05, 0) is 38.5 Å². The second kappa shape index (κ2) is 11.3. The van der Waals surface area contributed by atoms with Gasteiger partial charge < -0.3 is 24.7 Å². The monoisotopic (exact) mass is 530 g/mol. The molecule has 3 aliphatic rings. The van der Waals surface area contributed by atoms with Crippen LogP contribution in [0.2, 0.25) is 0 Å². The Morgan fingerprint density at radius 1 is 1.32 bits per heavy atom. The van der Waals surface area contributed by atoms with E-state index in [4.69, 9.17) is 15.6 Å². The SMILES string of the molecule is C#CCC1C(=O)C2(CCC2)C(O)CC(=O)NC(/C(F)=C/c2coc(C)n2)CC2OC2(C)CCCC(C)C1O. The number of Topliss-reactive ketones (excluding diaryl/α,β-unsaturated/α-hetero) is 1. The van der Waals surface area contributed by atoms with Crippen molar-refractivity contribution in [2.75, 3.05) is 0 Å². The number of carbonyl (C=O) groups is 2. The van der Waals surface area contributed by atoms with Gasteiger partial charge in [-0.15, -0.1) is 12.3 Å². The summed E-state index contributed by atoms with van der Waals surface area (Å²) in [6, 6.07) is -0.991. The van der Waals surface area contributed by atoms with Crippen molar-refractivity contribution in [2.24, 2.45) is 17.3 Å². The van der Waals surface area contributed by atoms with Gasteiger partial charge in [-0.3, -0.25) is 9.59 Å². The number of nitrogens with one attached hydrogen (secondary N) is 1. The Bertz CT molecular complexity index is 1100. The Morgan fingerprint density at radius 2 is 2.05 bits per heavy atom. The molecule has 38 heavy (non-hydrogen) atoms. The van der Waals surface area contributed by atoms with Gasteiger partial charge in [-0.25, -0.2) is 9.37 Å². The van der Waals surface area contributed by atoms with Crippen LogP contribution in [0, 0.1) is 36.5 Å². The third-order valence-corrected chi connectivity index (χ3v) is 8.83. The molecule has 1 saturated carbocycles. The quantitative estimate of drug-likeness (QED) is 0.403. The maximum Gasteiger partial charge on any atom is 0.223 e. The minimum Gasteiger partial charge on any atom is -0.449 e. The van der Waals surface area contributed by atoms with Gasteiger partial charge in [0.1, 0.15) is 23.6 Å². The molecule has 1 spiro atoms. The van der Waals surface area contributed by atoms with Crippen molar-refractivity contribution in [3.05, 3.63) is 23.7 Å². The number of aliphatic hydroxyl groups excluding tert-OH is 2. The zero-order chi connectivity index (χ0) is 27.7. The van der Waals surface area contributed by atoms with E-state index >= 15 is 4.39 Å². The van der Waals surface area contributed by atoms with E-state index in [0.717, 1.165) is 12.8 Å². The van der Waals surface area contributed by atoms with Crippen molar-refractivity contribution in [3.63, 3.8) is 0 Å². The topological polar surface area (TPSA) is 125 Å². The second-order valence-corrected chi connectivity index (χ2v) is 11.6. The van der Waals surface area contributed by atoms with Gasteiger partial charge >= 0.3 is 0 Å². The first kappa shape index (κ1) is 28.5. The van der Waals surface area contributed by atoms with E-state index in [1.807, 2.05) is 13.8 Å². The third kappa shape index (κ3) is 5.88. The van der Waals surface area contributed by atoms with E-state index in [1.54, 1.807) is 6.92 Å². The highest BCUT2D eigenvalue weighted by Crippen LogP contribution is 2.49.